The van der Waals surface area contributed by atoms with Crippen molar-refractivity contribution in [2.24, 2.45) is 10.8 Å². The number of benzene rings is 1. The van der Waals surface area contributed by atoms with Gasteiger partial charge in [0.25, 0.3) is 5.91 Å². The number of carbonyl (C=O) groups excluding carboxylic acids is 1. The van der Waals surface area contributed by atoms with Crippen LogP contribution < -0.4 is 15.8 Å². The van der Waals surface area contributed by atoms with Crippen molar-refractivity contribution in [2.45, 2.75) is 33.7 Å². The number of anilines is 1. The Hall–Kier alpha value is -1.71. The van der Waals surface area contributed by atoms with E-state index in [1.54, 1.807) is 25.3 Å². The molecular weight excluding hydrogens is 240 g/mol. The molecule has 0 atom stereocenters. The number of methoxy groups -OCH3 is 1. The molecule has 1 aromatic rings. The lowest BCUT2D eigenvalue weighted by Crippen LogP contribution is -2.30. The van der Waals surface area contributed by atoms with Crippen LogP contribution in [0.2, 0.25) is 0 Å². The summed E-state index contributed by atoms with van der Waals surface area (Å²) in [5.74, 6) is 0.532. The minimum absolute atomic E-state index is 0.115. The number of nitrogens with one attached hydrogen (secondary N) is 1. The number of hydrogen-bond acceptors (Lipinski definition) is 3. The van der Waals surface area contributed by atoms with Gasteiger partial charge in [-0.2, -0.15) is 0 Å². The Morgan fingerprint density at radius 1 is 1.26 bits per heavy atom. The first-order valence-electron chi connectivity index (χ1n) is 6.46. The SMILES string of the molecule is COc1ccc(C(=O)NC2C(C)(C)C2(C)C)c(N)c1. The topological polar surface area (TPSA) is 64.3 Å². The number of carbonyl (C=O) groups is 1. The molecule has 1 saturated carbocycles. The number of rotatable bonds is 3. The smallest absolute Gasteiger partial charge is 0.253 e. The molecule has 1 amide bonds. The molecule has 3 N–H and O–H groups in total. The molecule has 19 heavy (non-hydrogen) atoms. The Morgan fingerprint density at radius 2 is 1.84 bits per heavy atom. The first kappa shape index (κ1) is 13.7. The van der Waals surface area contributed by atoms with Crippen LogP contribution in [0, 0.1) is 10.8 Å². The van der Waals surface area contributed by atoms with Gasteiger partial charge in [0.05, 0.1) is 12.7 Å². The van der Waals surface area contributed by atoms with Gasteiger partial charge >= 0.3 is 0 Å². The second-order valence-electron chi connectivity index (χ2n) is 6.30. The highest BCUT2D eigenvalue weighted by atomic mass is 16.5. The number of hydrogen-bond donors (Lipinski definition) is 2. The van der Waals surface area contributed by atoms with Crippen molar-refractivity contribution >= 4 is 11.6 Å². The molecule has 0 aliphatic heterocycles. The average Bonchev–Trinajstić information content (AvgIpc) is 2.71. The highest BCUT2D eigenvalue weighted by Crippen LogP contribution is 2.62. The molecule has 0 saturated heterocycles. The maximum Gasteiger partial charge on any atom is 0.253 e. The van der Waals surface area contributed by atoms with Crippen LogP contribution in [0.1, 0.15) is 38.1 Å². The third-order valence-corrected chi connectivity index (χ3v) is 4.80. The van der Waals surface area contributed by atoms with E-state index in [0.717, 1.165) is 0 Å². The Kier molecular flexibility index (Phi) is 3.00. The molecule has 0 spiro atoms. The Balaban J connectivity index is 2.14. The Bertz CT molecular complexity index is 507. The molecule has 0 unspecified atom stereocenters. The minimum Gasteiger partial charge on any atom is -0.497 e. The third kappa shape index (κ3) is 2.05. The van der Waals surface area contributed by atoms with Crippen molar-refractivity contribution in [3.8, 4) is 5.75 Å². The van der Waals surface area contributed by atoms with Crippen molar-refractivity contribution in [1.82, 2.24) is 5.32 Å². The van der Waals surface area contributed by atoms with Gasteiger partial charge in [-0.05, 0) is 23.0 Å². The zero-order valence-electron chi connectivity index (χ0n) is 12.2. The molecule has 1 aliphatic carbocycles. The molecule has 0 heterocycles. The molecule has 4 heteroatoms. The standard InChI is InChI=1S/C15H22N2O2/c1-14(2)13(15(14,3)4)17-12(18)10-7-6-9(19-5)8-11(10)16/h6-8,13H,16H2,1-5H3,(H,17,18). The molecule has 1 fully saturated rings. The number of ether oxygens (including phenoxy) is 1. The van der Waals surface area contributed by atoms with Gasteiger partial charge in [-0.25, -0.2) is 0 Å². The van der Waals surface area contributed by atoms with Gasteiger partial charge in [-0.1, -0.05) is 27.7 Å². The summed E-state index contributed by atoms with van der Waals surface area (Å²) in [6, 6.07) is 5.28. The summed E-state index contributed by atoms with van der Waals surface area (Å²) in [5, 5.41) is 3.07. The fraction of sp³-hybridized carbons (Fsp3) is 0.533. The molecule has 4 nitrogen and oxygen atoms in total. The van der Waals surface area contributed by atoms with Crippen LogP contribution in [-0.2, 0) is 0 Å². The molecule has 1 aliphatic rings. The second-order valence-corrected chi connectivity index (χ2v) is 6.30. The van der Waals surface area contributed by atoms with Crippen LogP contribution in [0.3, 0.4) is 0 Å². The van der Waals surface area contributed by atoms with Gasteiger partial charge < -0.3 is 15.8 Å². The van der Waals surface area contributed by atoms with Gasteiger partial charge in [0, 0.05) is 17.8 Å². The largest absolute Gasteiger partial charge is 0.497 e. The highest BCUT2D eigenvalue weighted by Gasteiger charge is 2.65. The van der Waals surface area contributed by atoms with Gasteiger partial charge in [-0.3, -0.25) is 4.79 Å². The first-order valence-corrected chi connectivity index (χ1v) is 6.46. The molecule has 104 valence electrons. The minimum atomic E-state index is -0.121. The van der Waals surface area contributed by atoms with E-state index in [1.165, 1.54) is 0 Å². The van der Waals surface area contributed by atoms with Crippen LogP contribution in [0.4, 0.5) is 5.69 Å². The van der Waals surface area contributed by atoms with Crippen molar-refractivity contribution < 1.29 is 9.53 Å². The maximum atomic E-state index is 12.3. The average molecular weight is 262 g/mol. The van der Waals surface area contributed by atoms with E-state index in [2.05, 4.69) is 33.0 Å². The zero-order valence-corrected chi connectivity index (χ0v) is 12.2. The monoisotopic (exact) mass is 262 g/mol. The van der Waals surface area contributed by atoms with Gasteiger partial charge in [0.15, 0.2) is 0 Å². The summed E-state index contributed by atoms with van der Waals surface area (Å²) < 4.78 is 5.08. The van der Waals surface area contributed by atoms with E-state index in [0.29, 0.717) is 17.0 Å². The van der Waals surface area contributed by atoms with Crippen LogP contribution in [0.5, 0.6) is 5.75 Å². The lowest BCUT2D eigenvalue weighted by Gasteiger charge is -2.10. The van der Waals surface area contributed by atoms with Crippen LogP contribution in [0.25, 0.3) is 0 Å². The molecule has 0 bridgehead atoms. The number of nitrogen functional groups attached to an aromatic ring is 1. The van der Waals surface area contributed by atoms with E-state index in [4.69, 9.17) is 10.5 Å². The van der Waals surface area contributed by atoms with Crippen LogP contribution >= 0.6 is 0 Å². The fourth-order valence-corrected chi connectivity index (χ4v) is 2.64. The predicted octanol–water partition coefficient (Wildman–Crippen LogP) is 2.44. The van der Waals surface area contributed by atoms with Crippen LogP contribution in [-0.4, -0.2) is 19.1 Å². The molecule has 2 rings (SSSR count). The highest BCUT2D eigenvalue weighted by molar-refractivity contribution is 5.99. The summed E-state index contributed by atoms with van der Waals surface area (Å²) in [7, 11) is 1.57. The van der Waals surface area contributed by atoms with Gasteiger partial charge in [0.2, 0.25) is 0 Å². The summed E-state index contributed by atoms with van der Waals surface area (Å²) >= 11 is 0. The Morgan fingerprint density at radius 3 is 2.26 bits per heavy atom. The molecular formula is C15H22N2O2. The summed E-state index contributed by atoms with van der Waals surface area (Å²) in [5.41, 5.74) is 7.06. The van der Waals surface area contributed by atoms with Crippen molar-refractivity contribution in [3.05, 3.63) is 23.8 Å². The van der Waals surface area contributed by atoms with Crippen LogP contribution in [0.15, 0.2) is 18.2 Å². The van der Waals surface area contributed by atoms with Crippen molar-refractivity contribution in [1.29, 1.82) is 0 Å². The van der Waals surface area contributed by atoms with E-state index >= 15 is 0 Å². The normalized spacial score (nSPS) is 19.8. The fourth-order valence-electron chi connectivity index (χ4n) is 2.64. The second kappa shape index (κ2) is 4.15. The lowest BCUT2D eigenvalue weighted by atomic mass is 10.0. The maximum absolute atomic E-state index is 12.3. The molecule has 0 radical (unpaired) electrons. The van der Waals surface area contributed by atoms with E-state index in [9.17, 15) is 4.79 Å². The molecule has 1 aromatic carbocycles. The lowest BCUT2D eigenvalue weighted by molar-refractivity contribution is 0.0944. The van der Waals surface area contributed by atoms with Gasteiger partial charge in [0.1, 0.15) is 5.75 Å². The summed E-state index contributed by atoms with van der Waals surface area (Å²) in [6.45, 7) is 8.65. The van der Waals surface area contributed by atoms with E-state index in [-0.39, 0.29) is 22.8 Å². The van der Waals surface area contributed by atoms with Crippen molar-refractivity contribution in [2.75, 3.05) is 12.8 Å². The van der Waals surface area contributed by atoms with E-state index < -0.39 is 0 Å². The predicted molar refractivity (Wildman–Crippen MR) is 76.2 cm³/mol. The number of nitrogens with two attached hydrogens (primary N) is 1. The summed E-state index contributed by atoms with van der Waals surface area (Å²) in [6.07, 6.45) is 0. The quantitative estimate of drug-likeness (QED) is 0.822. The Labute approximate surface area is 114 Å². The molecule has 0 aromatic heterocycles. The zero-order chi connectivity index (χ0) is 14.4. The first-order chi connectivity index (χ1) is 8.71. The third-order valence-electron chi connectivity index (χ3n) is 4.80. The van der Waals surface area contributed by atoms with Gasteiger partial charge in [-0.15, -0.1) is 0 Å². The number of amides is 1. The van der Waals surface area contributed by atoms with Crippen molar-refractivity contribution in [3.63, 3.8) is 0 Å². The summed E-state index contributed by atoms with van der Waals surface area (Å²) in [4.78, 5) is 12.3. The van der Waals surface area contributed by atoms with E-state index in [1.807, 2.05) is 0 Å².